The first-order valence-corrected chi connectivity index (χ1v) is 14.1. The predicted molar refractivity (Wildman–Crippen MR) is 136 cm³/mol. The SMILES string of the molecule is O=C(O)c1ccc2nc(N3CCC(OCc4c([C@H]5CCCC[C@H]5C(F)(F)F)noc4C4CC4)CC3)sc2c1. The maximum Gasteiger partial charge on any atom is 0.392 e. The smallest absolute Gasteiger partial charge is 0.392 e. The molecular formula is C27H30F3N3O4S. The van der Waals surface area contributed by atoms with Gasteiger partial charge in [0.25, 0.3) is 0 Å². The van der Waals surface area contributed by atoms with Crippen molar-refractivity contribution >= 4 is 32.7 Å². The minimum Gasteiger partial charge on any atom is -0.478 e. The van der Waals surface area contributed by atoms with Crippen molar-refractivity contribution < 1.29 is 32.3 Å². The maximum atomic E-state index is 13.8. The summed E-state index contributed by atoms with van der Waals surface area (Å²) in [6.07, 6.45) is 1.20. The number of thiazole rings is 1. The number of hydrogen-bond acceptors (Lipinski definition) is 7. The molecule has 204 valence electrons. The molecule has 1 saturated heterocycles. The lowest BCUT2D eigenvalue weighted by atomic mass is 9.76. The number of aromatic nitrogens is 2. The number of alkyl halides is 3. The van der Waals surface area contributed by atoms with Crippen LogP contribution in [0.3, 0.4) is 0 Å². The van der Waals surface area contributed by atoms with Gasteiger partial charge in [0.1, 0.15) is 5.76 Å². The standard InChI is InChI=1S/C27H30F3N3O4S/c28-27(29,30)20-4-2-1-3-18(20)23-19(24(37-32-23)15-5-6-15)14-36-17-9-11-33(12-10-17)26-31-21-8-7-16(25(34)35)13-22(21)38-26/h7-8,13,15,17-18,20H,1-6,9-12,14H2,(H,34,35)/t18-,20+/m0/s1. The Hall–Kier alpha value is -2.66. The fraction of sp³-hybridized carbons (Fsp3) is 0.593. The molecule has 3 aromatic rings. The van der Waals surface area contributed by atoms with E-state index in [0.29, 0.717) is 18.5 Å². The zero-order valence-electron chi connectivity index (χ0n) is 20.9. The van der Waals surface area contributed by atoms with Crippen molar-refractivity contribution in [2.24, 2.45) is 5.92 Å². The highest BCUT2D eigenvalue weighted by Gasteiger charge is 2.48. The lowest BCUT2D eigenvalue weighted by Gasteiger charge is -2.33. The number of piperidine rings is 1. The van der Waals surface area contributed by atoms with Crippen LogP contribution < -0.4 is 4.90 Å². The fourth-order valence-electron chi connectivity index (χ4n) is 5.88. The number of aromatic carboxylic acids is 1. The van der Waals surface area contributed by atoms with Crippen LogP contribution in [0.4, 0.5) is 18.3 Å². The Bertz CT molecular complexity index is 1310. The summed E-state index contributed by atoms with van der Waals surface area (Å²) in [6, 6.07) is 4.95. The summed E-state index contributed by atoms with van der Waals surface area (Å²) in [5.74, 6) is -2.04. The Labute approximate surface area is 222 Å². The summed E-state index contributed by atoms with van der Waals surface area (Å²) < 4.78 is 54.3. The van der Waals surface area contributed by atoms with E-state index in [1.165, 1.54) is 11.3 Å². The van der Waals surface area contributed by atoms with Gasteiger partial charge in [0, 0.05) is 30.5 Å². The first-order valence-electron chi connectivity index (χ1n) is 13.3. The summed E-state index contributed by atoms with van der Waals surface area (Å²) in [7, 11) is 0. The molecule has 0 spiro atoms. The number of rotatable bonds is 7. The average molecular weight is 550 g/mol. The molecule has 3 heterocycles. The van der Waals surface area contributed by atoms with E-state index in [1.54, 1.807) is 18.2 Å². The Morgan fingerprint density at radius 3 is 2.61 bits per heavy atom. The number of fused-ring (bicyclic) bond motifs is 1. The van der Waals surface area contributed by atoms with Crippen molar-refractivity contribution in [3.8, 4) is 0 Å². The van der Waals surface area contributed by atoms with Gasteiger partial charge in [-0.25, -0.2) is 9.78 Å². The van der Waals surface area contributed by atoms with Crippen molar-refractivity contribution in [1.29, 1.82) is 0 Å². The van der Waals surface area contributed by atoms with Gasteiger partial charge < -0.3 is 19.3 Å². The largest absolute Gasteiger partial charge is 0.478 e. The van der Waals surface area contributed by atoms with Gasteiger partial charge in [-0.15, -0.1) is 0 Å². The molecule has 2 saturated carbocycles. The number of anilines is 1. The van der Waals surface area contributed by atoms with Crippen molar-refractivity contribution in [1.82, 2.24) is 10.1 Å². The second kappa shape index (κ2) is 10.1. The van der Waals surface area contributed by atoms with E-state index in [9.17, 15) is 23.1 Å². The first-order chi connectivity index (χ1) is 18.3. The Kier molecular flexibility index (Phi) is 6.84. The first kappa shape index (κ1) is 25.6. The maximum absolute atomic E-state index is 13.8. The summed E-state index contributed by atoms with van der Waals surface area (Å²) in [5, 5.41) is 14.3. The Balaban J connectivity index is 1.12. The molecule has 38 heavy (non-hydrogen) atoms. The highest BCUT2D eigenvalue weighted by atomic mass is 32.1. The third kappa shape index (κ3) is 5.14. The molecular weight excluding hydrogens is 519 g/mol. The number of carboxylic acids is 1. The molecule has 2 atom stereocenters. The van der Waals surface area contributed by atoms with Crippen LogP contribution in [0, 0.1) is 5.92 Å². The Morgan fingerprint density at radius 1 is 1.13 bits per heavy atom. The summed E-state index contributed by atoms with van der Waals surface area (Å²) in [5.41, 5.74) is 2.23. The van der Waals surface area contributed by atoms with Crippen molar-refractivity contribution in [3.05, 3.63) is 40.8 Å². The molecule has 0 bridgehead atoms. The van der Waals surface area contributed by atoms with Gasteiger partial charge in [0.2, 0.25) is 0 Å². The second-order valence-electron chi connectivity index (χ2n) is 10.7. The number of ether oxygens (including phenoxy) is 1. The van der Waals surface area contributed by atoms with Gasteiger partial charge in [-0.3, -0.25) is 0 Å². The van der Waals surface area contributed by atoms with Crippen LogP contribution in [0.25, 0.3) is 10.2 Å². The minimum atomic E-state index is -4.25. The Morgan fingerprint density at radius 2 is 1.89 bits per heavy atom. The van der Waals surface area contributed by atoms with E-state index >= 15 is 0 Å². The molecule has 2 aliphatic carbocycles. The van der Waals surface area contributed by atoms with Crippen LogP contribution in [0.2, 0.25) is 0 Å². The summed E-state index contributed by atoms with van der Waals surface area (Å²) in [6.45, 7) is 1.71. The van der Waals surface area contributed by atoms with Gasteiger partial charge in [-0.1, -0.05) is 29.3 Å². The molecule has 1 aromatic carbocycles. The minimum absolute atomic E-state index is 0.0150. The summed E-state index contributed by atoms with van der Waals surface area (Å²) in [4.78, 5) is 18.1. The zero-order valence-corrected chi connectivity index (χ0v) is 21.7. The van der Waals surface area contributed by atoms with Crippen molar-refractivity contribution in [3.63, 3.8) is 0 Å². The monoisotopic (exact) mass is 549 g/mol. The molecule has 3 aliphatic rings. The molecule has 7 nitrogen and oxygen atoms in total. The van der Waals surface area contributed by atoms with Gasteiger partial charge in [-0.05, 0) is 56.7 Å². The van der Waals surface area contributed by atoms with E-state index in [4.69, 9.17) is 9.26 Å². The lowest BCUT2D eigenvalue weighted by molar-refractivity contribution is -0.187. The van der Waals surface area contributed by atoms with Crippen molar-refractivity contribution in [2.45, 2.75) is 82.1 Å². The topological polar surface area (TPSA) is 88.7 Å². The predicted octanol–water partition coefficient (Wildman–Crippen LogP) is 6.88. The summed E-state index contributed by atoms with van der Waals surface area (Å²) >= 11 is 1.48. The van der Waals surface area contributed by atoms with Crippen LogP contribution in [0.15, 0.2) is 22.7 Å². The van der Waals surface area contributed by atoms with Crippen molar-refractivity contribution in [2.75, 3.05) is 18.0 Å². The van der Waals surface area contributed by atoms with Crippen LogP contribution in [-0.4, -0.2) is 46.6 Å². The highest BCUT2D eigenvalue weighted by Crippen LogP contribution is 2.50. The van der Waals surface area contributed by atoms with E-state index < -0.39 is 24.0 Å². The normalized spacial score (nSPS) is 23.3. The molecule has 6 rings (SSSR count). The van der Waals surface area contributed by atoms with Gasteiger partial charge in [0.05, 0.1) is 40.1 Å². The third-order valence-electron chi connectivity index (χ3n) is 8.13. The zero-order chi connectivity index (χ0) is 26.4. The molecule has 1 N–H and O–H groups in total. The highest BCUT2D eigenvalue weighted by molar-refractivity contribution is 7.22. The number of carboxylic acid groups (broad SMARTS) is 1. The van der Waals surface area contributed by atoms with Gasteiger partial charge >= 0.3 is 12.1 Å². The number of benzene rings is 1. The number of halogens is 3. The van der Waals surface area contributed by atoms with Crippen LogP contribution in [0.1, 0.15) is 90.6 Å². The van der Waals surface area contributed by atoms with Gasteiger partial charge in [0.15, 0.2) is 5.13 Å². The molecule has 3 fully saturated rings. The molecule has 0 radical (unpaired) electrons. The number of hydrogen-bond donors (Lipinski definition) is 1. The molecule has 2 aromatic heterocycles. The fourth-order valence-corrected chi connectivity index (χ4v) is 6.94. The van der Waals surface area contributed by atoms with E-state index in [1.807, 2.05) is 0 Å². The van der Waals surface area contributed by atoms with Gasteiger partial charge in [-0.2, -0.15) is 13.2 Å². The average Bonchev–Trinajstić information content (AvgIpc) is 3.51. The quantitative estimate of drug-likeness (QED) is 0.344. The van der Waals surface area contributed by atoms with E-state index in [-0.39, 0.29) is 30.6 Å². The second-order valence-corrected chi connectivity index (χ2v) is 11.7. The van der Waals surface area contributed by atoms with E-state index in [0.717, 1.165) is 71.9 Å². The molecule has 1 aliphatic heterocycles. The molecule has 0 unspecified atom stereocenters. The van der Waals surface area contributed by atoms with E-state index in [2.05, 4.69) is 15.0 Å². The van der Waals surface area contributed by atoms with Crippen LogP contribution in [-0.2, 0) is 11.3 Å². The number of carbonyl (C=O) groups is 1. The molecule has 0 amide bonds. The van der Waals surface area contributed by atoms with Crippen LogP contribution in [0.5, 0.6) is 0 Å². The third-order valence-corrected chi connectivity index (χ3v) is 9.21. The molecule has 11 heteroatoms. The lowest BCUT2D eigenvalue weighted by Crippen LogP contribution is -2.37. The van der Waals surface area contributed by atoms with Crippen LogP contribution >= 0.6 is 11.3 Å². The number of nitrogens with zero attached hydrogens (tertiary/aromatic N) is 3.